The third kappa shape index (κ3) is 4.13. The number of fused-ring (bicyclic) bond motifs is 1. The van der Waals surface area contributed by atoms with Crippen LogP contribution in [0.1, 0.15) is 5.56 Å². The maximum Gasteiger partial charge on any atom is 0.297 e. The molecule has 4 rings (SSSR count). The Morgan fingerprint density at radius 2 is 1.70 bits per heavy atom. The van der Waals surface area contributed by atoms with Crippen molar-refractivity contribution in [3.05, 3.63) is 72.3 Å². The Kier molecular flexibility index (Phi) is 5.65. The van der Waals surface area contributed by atoms with E-state index in [1.54, 1.807) is 19.2 Å². The third-order valence-corrected chi connectivity index (χ3v) is 6.10. The molecule has 6 nitrogen and oxygen atoms in total. The van der Waals surface area contributed by atoms with Gasteiger partial charge in [-0.2, -0.15) is 8.42 Å². The number of aryl methyl sites for hydroxylation is 1. The first-order chi connectivity index (χ1) is 14.5. The highest BCUT2D eigenvalue weighted by molar-refractivity contribution is 7.86. The normalized spacial score (nSPS) is 15.6. The van der Waals surface area contributed by atoms with E-state index in [1.807, 2.05) is 49.4 Å². The minimum Gasteiger partial charge on any atom is -0.496 e. The van der Waals surface area contributed by atoms with Crippen LogP contribution in [0.4, 0.5) is 0 Å². The highest BCUT2D eigenvalue weighted by Crippen LogP contribution is 2.43. The van der Waals surface area contributed by atoms with Crippen LogP contribution in [0.3, 0.4) is 0 Å². The summed E-state index contributed by atoms with van der Waals surface area (Å²) >= 11 is 0. The minimum absolute atomic E-state index is 0.111. The van der Waals surface area contributed by atoms with Gasteiger partial charge in [0.05, 0.1) is 12.0 Å². The van der Waals surface area contributed by atoms with Crippen LogP contribution in [0.25, 0.3) is 11.1 Å². The average molecular weight is 426 g/mol. The highest BCUT2D eigenvalue weighted by atomic mass is 32.2. The second-order valence-electron chi connectivity index (χ2n) is 6.94. The molecule has 7 heteroatoms. The molecule has 3 aromatic rings. The molecule has 30 heavy (non-hydrogen) atoms. The summed E-state index contributed by atoms with van der Waals surface area (Å²) in [6, 6.07) is 19.7. The topological polar surface area (TPSA) is 71.1 Å². The van der Waals surface area contributed by atoms with Crippen LogP contribution in [-0.4, -0.2) is 34.8 Å². The van der Waals surface area contributed by atoms with Crippen molar-refractivity contribution < 1.29 is 26.8 Å². The summed E-state index contributed by atoms with van der Waals surface area (Å²) in [6.45, 7) is 1.92. The fourth-order valence-electron chi connectivity index (χ4n) is 3.23. The largest absolute Gasteiger partial charge is 0.496 e. The van der Waals surface area contributed by atoms with Crippen molar-refractivity contribution in [3.8, 4) is 28.4 Å². The maximum absolute atomic E-state index is 12.5. The standard InChI is InChI=1S/C23H22O6S/c1-16-10-12-18(13-11-16)30(24,25)28-15-17-14-27-22-9-5-7-20(23(22)29-17)19-6-3-4-8-21(19)26-2/h3-13,17H,14-15H2,1-2H3. The number of hydrogen-bond acceptors (Lipinski definition) is 6. The zero-order valence-electron chi connectivity index (χ0n) is 16.7. The number of ether oxygens (including phenoxy) is 3. The molecule has 3 aromatic carbocycles. The molecule has 1 unspecified atom stereocenters. The van der Waals surface area contributed by atoms with Crippen molar-refractivity contribution in [2.45, 2.75) is 17.9 Å². The summed E-state index contributed by atoms with van der Waals surface area (Å²) in [4.78, 5) is 0.111. The molecule has 1 atom stereocenters. The molecule has 0 spiro atoms. The molecule has 1 heterocycles. The predicted octanol–water partition coefficient (Wildman–Crippen LogP) is 4.22. The van der Waals surface area contributed by atoms with Crippen molar-refractivity contribution in [3.63, 3.8) is 0 Å². The van der Waals surface area contributed by atoms with Crippen molar-refractivity contribution in [2.75, 3.05) is 20.3 Å². The van der Waals surface area contributed by atoms with Crippen LogP contribution in [-0.2, 0) is 14.3 Å². The molecule has 0 saturated carbocycles. The van der Waals surface area contributed by atoms with Gasteiger partial charge >= 0.3 is 0 Å². The van der Waals surface area contributed by atoms with E-state index in [0.717, 1.165) is 16.7 Å². The Morgan fingerprint density at radius 3 is 2.47 bits per heavy atom. The van der Waals surface area contributed by atoms with E-state index in [0.29, 0.717) is 17.2 Å². The van der Waals surface area contributed by atoms with E-state index in [1.165, 1.54) is 12.1 Å². The van der Waals surface area contributed by atoms with Crippen LogP contribution in [0.15, 0.2) is 71.6 Å². The van der Waals surface area contributed by atoms with Gasteiger partial charge in [-0.3, -0.25) is 4.18 Å². The van der Waals surface area contributed by atoms with Gasteiger partial charge < -0.3 is 14.2 Å². The molecule has 1 aliphatic heterocycles. The molecule has 0 amide bonds. The van der Waals surface area contributed by atoms with Gasteiger partial charge in [-0.05, 0) is 31.2 Å². The van der Waals surface area contributed by atoms with E-state index in [4.69, 9.17) is 18.4 Å². The zero-order chi connectivity index (χ0) is 21.1. The lowest BCUT2D eigenvalue weighted by Crippen LogP contribution is -2.34. The molecule has 0 aromatic heterocycles. The second-order valence-corrected chi connectivity index (χ2v) is 8.55. The van der Waals surface area contributed by atoms with Gasteiger partial charge in [-0.1, -0.05) is 48.0 Å². The first kappa shape index (κ1) is 20.3. The Balaban J connectivity index is 1.54. The van der Waals surface area contributed by atoms with Crippen LogP contribution < -0.4 is 14.2 Å². The van der Waals surface area contributed by atoms with Crippen LogP contribution >= 0.6 is 0 Å². The summed E-state index contributed by atoms with van der Waals surface area (Å²) < 4.78 is 47.6. The summed E-state index contributed by atoms with van der Waals surface area (Å²) in [5.41, 5.74) is 2.63. The van der Waals surface area contributed by atoms with E-state index in [9.17, 15) is 8.42 Å². The SMILES string of the molecule is COc1ccccc1-c1cccc2c1OC(COS(=O)(=O)c1ccc(C)cc1)CO2. The average Bonchev–Trinajstić information content (AvgIpc) is 2.77. The van der Waals surface area contributed by atoms with Crippen molar-refractivity contribution in [1.82, 2.24) is 0 Å². The van der Waals surface area contributed by atoms with Crippen LogP contribution in [0, 0.1) is 6.92 Å². The fraction of sp³-hybridized carbons (Fsp3) is 0.217. The van der Waals surface area contributed by atoms with E-state index in [-0.39, 0.29) is 18.1 Å². The van der Waals surface area contributed by atoms with Crippen LogP contribution in [0.5, 0.6) is 17.2 Å². The molecule has 0 fully saturated rings. The smallest absolute Gasteiger partial charge is 0.297 e. The molecule has 0 bridgehead atoms. The van der Waals surface area contributed by atoms with Gasteiger partial charge in [0.1, 0.15) is 19.0 Å². The first-order valence-corrected chi connectivity index (χ1v) is 10.9. The van der Waals surface area contributed by atoms with Crippen LogP contribution in [0.2, 0.25) is 0 Å². The lowest BCUT2D eigenvalue weighted by molar-refractivity contribution is 0.0561. The second kappa shape index (κ2) is 8.38. The summed E-state index contributed by atoms with van der Waals surface area (Å²) in [7, 11) is -2.27. The molecular formula is C23H22O6S. The summed E-state index contributed by atoms with van der Waals surface area (Å²) in [6.07, 6.45) is -0.575. The van der Waals surface area contributed by atoms with Gasteiger partial charge in [-0.15, -0.1) is 0 Å². The van der Waals surface area contributed by atoms with Crippen molar-refractivity contribution >= 4 is 10.1 Å². The van der Waals surface area contributed by atoms with E-state index in [2.05, 4.69) is 0 Å². The van der Waals surface area contributed by atoms with Gasteiger partial charge in [-0.25, -0.2) is 0 Å². The van der Waals surface area contributed by atoms with Gasteiger partial charge in [0, 0.05) is 11.1 Å². The summed E-state index contributed by atoms with van der Waals surface area (Å²) in [5, 5.41) is 0. The molecule has 0 N–H and O–H groups in total. The third-order valence-electron chi connectivity index (χ3n) is 4.80. The minimum atomic E-state index is -3.88. The summed E-state index contributed by atoms with van der Waals surface area (Å²) in [5.74, 6) is 1.83. The quantitative estimate of drug-likeness (QED) is 0.550. The fourth-order valence-corrected chi connectivity index (χ4v) is 4.17. The molecule has 0 saturated heterocycles. The lowest BCUT2D eigenvalue weighted by atomic mass is 10.0. The zero-order valence-corrected chi connectivity index (χ0v) is 17.5. The monoisotopic (exact) mass is 426 g/mol. The molecular weight excluding hydrogens is 404 g/mol. The highest BCUT2D eigenvalue weighted by Gasteiger charge is 2.27. The Hall–Kier alpha value is -3.03. The van der Waals surface area contributed by atoms with E-state index < -0.39 is 16.2 Å². The van der Waals surface area contributed by atoms with Crippen molar-refractivity contribution in [2.24, 2.45) is 0 Å². The molecule has 156 valence electrons. The van der Waals surface area contributed by atoms with Crippen molar-refractivity contribution in [1.29, 1.82) is 0 Å². The number of rotatable bonds is 6. The van der Waals surface area contributed by atoms with E-state index >= 15 is 0 Å². The Bertz CT molecular complexity index is 1140. The number of para-hydroxylation sites is 2. The molecule has 0 aliphatic carbocycles. The number of benzene rings is 3. The predicted molar refractivity (Wildman–Crippen MR) is 113 cm³/mol. The number of hydrogen-bond donors (Lipinski definition) is 0. The van der Waals surface area contributed by atoms with Gasteiger partial charge in [0.2, 0.25) is 0 Å². The molecule has 0 radical (unpaired) electrons. The van der Waals surface area contributed by atoms with Gasteiger partial charge in [0.25, 0.3) is 10.1 Å². The maximum atomic E-state index is 12.5. The number of methoxy groups -OCH3 is 1. The Morgan fingerprint density at radius 1 is 0.967 bits per heavy atom. The molecule has 1 aliphatic rings. The first-order valence-electron chi connectivity index (χ1n) is 9.50. The Labute approximate surface area is 176 Å². The lowest BCUT2D eigenvalue weighted by Gasteiger charge is -2.28. The van der Waals surface area contributed by atoms with Gasteiger partial charge in [0.15, 0.2) is 17.6 Å².